The normalized spacial score (nSPS) is 17.4. The number of nitrogens with zero attached hydrogens (tertiary/aromatic N) is 4. The molecule has 202 valence electrons. The molecule has 0 saturated carbocycles. The van der Waals surface area contributed by atoms with E-state index in [-0.39, 0.29) is 23.8 Å². The Hall–Kier alpha value is -4.34. The van der Waals surface area contributed by atoms with Gasteiger partial charge in [0.1, 0.15) is 17.3 Å². The number of pyridine rings is 1. The molecule has 2 aromatic carbocycles. The Balaban J connectivity index is 1.13. The zero-order chi connectivity index (χ0) is 27.1. The van der Waals surface area contributed by atoms with E-state index in [0.717, 1.165) is 53.2 Å². The number of piperidine rings is 1. The van der Waals surface area contributed by atoms with Crippen molar-refractivity contribution in [3.63, 3.8) is 0 Å². The number of methoxy groups -OCH3 is 1. The number of hydrogen-bond acceptors (Lipinski definition) is 6. The van der Waals surface area contributed by atoms with E-state index in [1.807, 2.05) is 23.1 Å². The Morgan fingerprint density at radius 1 is 1.03 bits per heavy atom. The Morgan fingerprint density at radius 3 is 2.62 bits per heavy atom. The van der Waals surface area contributed by atoms with Crippen LogP contribution in [0.25, 0.3) is 0 Å². The van der Waals surface area contributed by atoms with Crippen molar-refractivity contribution in [3.8, 4) is 5.75 Å². The maximum Gasteiger partial charge on any atom is 0.322 e. The molecule has 3 aromatic rings. The van der Waals surface area contributed by atoms with Crippen molar-refractivity contribution in [1.29, 1.82) is 0 Å². The number of benzene rings is 2. The minimum Gasteiger partial charge on any atom is -0.497 e. The zero-order valence-electron chi connectivity index (χ0n) is 21.8. The van der Waals surface area contributed by atoms with Crippen LogP contribution in [0.1, 0.15) is 34.5 Å². The molecule has 3 amide bonds. The third kappa shape index (κ3) is 4.71. The molecule has 1 saturated heterocycles. The maximum absolute atomic E-state index is 13.6. The van der Waals surface area contributed by atoms with Gasteiger partial charge in [-0.2, -0.15) is 0 Å². The third-order valence-electron chi connectivity index (χ3n) is 8.00. The van der Waals surface area contributed by atoms with Gasteiger partial charge in [-0.1, -0.05) is 0 Å². The Morgan fingerprint density at radius 2 is 1.82 bits per heavy atom. The average Bonchev–Trinajstić information content (AvgIpc) is 3.29. The van der Waals surface area contributed by atoms with Crippen molar-refractivity contribution in [2.24, 2.45) is 0 Å². The summed E-state index contributed by atoms with van der Waals surface area (Å²) >= 11 is 0. The summed E-state index contributed by atoms with van der Waals surface area (Å²) in [6.07, 6.45) is 4.45. The average molecular weight is 531 g/mol. The van der Waals surface area contributed by atoms with Gasteiger partial charge in [-0.25, -0.2) is 14.2 Å². The Labute approximate surface area is 226 Å². The van der Waals surface area contributed by atoms with E-state index in [1.165, 1.54) is 18.3 Å². The number of carbonyl (C=O) groups is 2. The van der Waals surface area contributed by atoms with Gasteiger partial charge in [-0.05, 0) is 79.3 Å². The second-order valence-electron chi connectivity index (χ2n) is 10.2. The van der Waals surface area contributed by atoms with Crippen LogP contribution in [0, 0.1) is 5.82 Å². The van der Waals surface area contributed by atoms with Gasteiger partial charge in [0, 0.05) is 43.6 Å². The monoisotopic (exact) mass is 530 g/mol. The highest BCUT2D eigenvalue weighted by atomic mass is 19.1. The lowest BCUT2D eigenvalue weighted by molar-refractivity contribution is 0.0984. The SMILES string of the molecule is COc1ccc2c(c1)CCN(C1CCN(c3cc(C(=O)N4CCc5cc(F)ccc54)ncc3N)CC1)C(=O)N2. The molecule has 3 aliphatic heterocycles. The molecule has 9 nitrogen and oxygen atoms in total. The van der Waals surface area contributed by atoms with Crippen LogP contribution in [0.5, 0.6) is 5.75 Å². The number of nitrogens with two attached hydrogens (primary N) is 1. The van der Waals surface area contributed by atoms with Crippen LogP contribution < -0.4 is 25.6 Å². The van der Waals surface area contributed by atoms with Crippen LogP contribution >= 0.6 is 0 Å². The highest BCUT2D eigenvalue weighted by Gasteiger charge is 2.32. The second kappa shape index (κ2) is 10.1. The summed E-state index contributed by atoms with van der Waals surface area (Å²) in [5, 5.41) is 3.06. The van der Waals surface area contributed by atoms with Gasteiger partial charge in [0.15, 0.2) is 0 Å². The zero-order valence-corrected chi connectivity index (χ0v) is 21.8. The molecule has 0 bridgehead atoms. The summed E-state index contributed by atoms with van der Waals surface area (Å²) in [5.41, 5.74) is 11.3. The van der Waals surface area contributed by atoms with Crippen LogP contribution in [0.4, 0.5) is 31.9 Å². The van der Waals surface area contributed by atoms with Gasteiger partial charge in [-0.15, -0.1) is 0 Å². The third-order valence-corrected chi connectivity index (χ3v) is 8.00. The van der Waals surface area contributed by atoms with Gasteiger partial charge >= 0.3 is 6.03 Å². The summed E-state index contributed by atoms with van der Waals surface area (Å²) < 4.78 is 19.0. The maximum atomic E-state index is 13.6. The quantitative estimate of drug-likeness (QED) is 0.527. The molecule has 1 fully saturated rings. The number of carbonyl (C=O) groups excluding carboxylic acids is 2. The minimum absolute atomic E-state index is 0.0838. The molecule has 0 unspecified atom stereocenters. The fourth-order valence-corrected chi connectivity index (χ4v) is 5.89. The molecule has 0 radical (unpaired) electrons. The molecule has 0 aliphatic carbocycles. The molecular formula is C29H31FN6O3. The molecular weight excluding hydrogens is 499 g/mol. The Kier molecular flexibility index (Phi) is 6.46. The van der Waals surface area contributed by atoms with Crippen LogP contribution in [0.15, 0.2) is 48.7 Å². The largest absolute Gasteiger partial charge is 0.497 e. The van der Waals surface area contributed by atoms with Gasteiger partial charge in [0.05, 0.1) is 24.7 Å². The number of urea groups is 1. The van der Waals surface area contributed by atoms with E-state index in [0.29, 0.717) is 44.0 Å². The molecule has 10 heteroatoms. The number of halogens is 1. The fourth-order valence-electron chi connectivity index (χ4n) is 5.89. The van der Waals surface area contributed by atoms with Gasteiger partial charge in [0.25, 0.3) is 5.91 Å². The highest BCUT2D eigenvalue weighted by Crippen LogP contribution is 2.33. The van der Waals surface area contributed by atoms with Crippen molar-refractivity contribution in [1.82, 2.24) is 9.88 Å². The number of anilines is 4. The number of fused-ring (bicyclic) bond motifs is 2. The predicted octanol–water partition coefficient (Wildman–Crippen LogP) is 4.07. The van der Waals surface area contributed by atoms with Crippen molar-refractivity contribution in [3.05, 3.63) is 71.3 Å². The van der Waals surface area contributed by atoms with Gasteiger partial charge < -0.3 is 30.5 Å². The fraction of sp³-hybridized carbons (Fsp3) is 0.345. The van der Waals surface area contributed by atoms with E-state index in [1.54, 1.807) is 24.1 Å². The molecule has 39 heavy (non-hydrogen) atoms. The molecule has 3 aliphatic rings. The van der Waals surface area contributed by atoms with Crippen molar-refractivity contribution >= 4 is 34.7 Å². The highest BCUT2D eigenvalue weighted by molar-refractivity contribution is 6.06. The summed E-state index contributed by atoms with van der Waals surface area (Å²) in [6.45, 7) is 2.51. The molecule has 4 heterocycles. The van der Waals surface area contributed by atoms with Crippen molar-refractivity contribution in [2.45, 2.75) is 31.7 Å². The van der Waals surface area contributed by atoms with Crippen LogP contribution in [0.3, 0.4) is 0 Å². The topological polar surface area (TPSA) is 104 Å². The molecule has 0 atom stereocenters. The molecule has 6 rings (SSSR count). The molecule has 3 N–H and O–H groups in total. The summed E-state index contributed by atoms with van der Waals surface area (Å²) in [5.74, 6) is 0.246. The second-order valence-corrected chi connectivity index (χ2v) is 10.2. The number of rotatable bonds is 4. The van der Waals surface area contributed by atoms with Crippen LogP contribution in [-0.2, 0) is 12.8 Å². The minimum atomic E-state index is -0.304. The van der Waals surface area contributed by atoms with Crippen LogP contribution in [-0.4, -0.2) is 61.2 Å². The van der Waals surface area contributed by atoms with Crippen molar-refractivity contribution in [2.75, 3.05) is 54.1 Å². The first-order chi connectivity index (χ1) is 18.9. The first-order valence-electron chi connectivity index (χ1n) is 13.3. The van der Waals surface area contributed by atoms with E-state index >= 15 is 0 Å². The number of aromatic nitrogens is 1. The van der Waals surface area contributed by atoms with E-state index < -0.39 is 0 Å². The smallest absolute Gasteiger partial charge is 0.322 e. The van der Waals surface area contributed by atoms with Gasteiger partial charge in [0.2, 0.25) is 0 Å². The summed E-state index contributed by atoms with van der Waals surface area (Å²) in [6, 6.07) is 12.0. The lowest BCUT2D eigenvalue weighted by Crippen LogP contribution is -2.49. The lowest BCUT2D eigenvalue weighted by atomic mass is 10.0. The number of ether oxygens (including phenoxy) is 1. The van der Waals surface area contributed by atoms with Gasteiger partial charge in [-0.3, -0.25) is 4.79 Å². The number of hydrogen-bond donors (Lipinski definition) is 2. The Bertz CT molecular complexity index is 1440. The first-order valence-corrected chi connectivity index (χ1v) is 13.3. The molecule has 1 aromatic heterocycles. The van der Waals surface area contributed by atoms with E-state index in [2.05, 4.69) is 15.2 Å². The summed E-state index contributed by atoms with van der Waals surface area (Å²) in [7, 11) is 1.64. The summed E-state index contributed by atoms with van der Waals surface area (Å²) in [4.78, 5) is 36.5. The first kappa shape index (κ1) is 25.0. The van der Waals surface area contributed by atoms with E-state index in [9.17, 15) is 14.0 Å². The standard InChI is InChI=1S/C29H31FN6O3/c1-39-22-3-4-24-18(15-22)6-12-35(29(38)33-24)21-8-10-34(11-9-21)27-16-25(32-17-23(27)31)28(37)36-13-7-19-14-20(30)2-5-26(19)36/h2-5,14-17,21H,6-13,31H2,1H3,(H,33,38). The van der Waals surface area contributed by atoms with E-state index in [4.69, 9.17) is 10.5 Å². The number of nitrogens with one attached hydrogen (secondary N) is 1. The number of nitrogen functional groups attached to an aromatic ring is 1. The molecule has 0 spiro atoms. The van der Waals surface area contributed by atoms with Crippen LogP contribution in [0.2, 0.25) is 0 Å². The lowest BCUT2D eigenvalue weighted by Gasteiger charge is -2.39. The predicted molar refractivity (Wildman–Crippen MR) is 148 cm³/mol. The van der Waals surface area contributed by atoms with Crippen molar-refractivity contribution < 1.29 is 18.7 Å². The number of amides is 3.